The maximum Gasteiger partial charge on any atom is 0.246 e. The van der Waals surface area contributed by atoms with Crippen molar-refractivity contribution in [2.75, 3.05) is 39.9 Å². The second kappa shape index (κ2) is 23.9. The molecule has 5 N–H and O–H groups in total. The standard InChI is InChI=1S/C56H66ClN11O8S/c1-31-33(3)77-55-46(31)47(38-20-22-39(57)23-21-38)60-40(49-65-64-34(4)68(49)55)28-44(69)58-29-42-53(74)66(8)25-26-76-30-45(70)63-48(56(5,6)7)54(75)67-24-12-15-43(67)52(73)61-41(51(72)59-32(2)50(71)62-42)27-35-16-18-37(19-17-35)36-13-10-9-11-14-36/h9-11,13-14,16-23,32,40-43,48H,12,15,24-30H2,1-8H3,(H,58,69)(H,59,72)(H,61,73)(H,62,71)(H,63,70)/t32-,40+,41-,42-,43+,48?/m1/s1. The summed E-state index contributed by atoms with van der Waals surface area (Å²) in [7, 11) is 1.49. The molecule has 0 radical (unpaired) electrons. The molecule has 2 saturated heterocycles. The van der Waals surface area contributed by atoms with Crippen molar-refractivity contribution in [3.63, 3.8) is 0 Å². The lowest BCUT2D eigenvalue weighted by atomic mass is 9.85. The van der Waals surface area contributed by atoms with Crippen LogP contribution >= 0.6 is 22.9 Å². The summed E-state index contributed by atoms with van der Waals surface area (Å²) < 4.78 is 7.63. The predicted octanol–water partition coefficient (Wildman–Crippen LogP) is 4.70. The highest BCUT2D eigenvalue weighted by Crippen LogP contribution is 2.40. The summed E-state index contributed by atoms with van der Waals surface area (Å²) in [4.78, 5) is 108. The number of rotatable bonds is 8. The molecule has 3 aliphatic rings. The highest BCUT2D eigenvalue weighted by molar-refractivity contribution is 7.15. The fourth-order valence-corrected chi connectivity index (χ4v) is 11.1. The minimum Gasteiger partial charge on any atom is -0.370 e. The Morgan fingerprint density at radius 2 is 1.48 bits per heavy atom. The van der Waals surface area contributed by atoms with E-state index in [0.717, 1.165) is 37.7 Å². The Morgan fingerprint density at radius 1 is 0.805 bits per heavy atom. The third kappa shape index (κ3) is 12.9. The van der Waals surface area contributed by atoms with E-state index in [4.69, 9.17) is 21.3 Å². The van der Waals surface area contributed by atoms with Gasteiger partial charge >= 0.3 is 0 Å². The molecule has 2 fully saturated rings. The Kier molecular flexibility index (Phi) is 17.4. The van der Waals surface area contributed by atoms with Crippen LogP contribution in [0.1, 0.15) is 91.8 Å². The SMILES string of the molecule is Cc1sc2c(c1C)C(c1ccc(Cl)cc1)=N[C@@H](CC(=O)NC[C@H]1NC(=O)[C@@H](C)NC(=O)[C@@H](Cc3ccc(-c4ccccc4)cc3)NC(=O)[C@@H]3CCCN3C(=O)C(C(C)(C)C)NC(=O)COCCN(C)C1=O)c1nnc(C)n1-2. The zero-order chi connectivity index (χ0) is 55.3. The molecule has 406 valence electrons. The van der Waals surface area contributed by atoms with E-state index in [9.17, 15) is 33.6 Å². The lowest BCUT2D eigenvalue weighted by Crippen LogP contribution is -2.60. The van der Waals surface area contributed by atoms with Gasteiger partial charge in [-0.25, -0.2) is 0 Å². The zero-order valence-corrected chi connectivity index (χ0v) is 46.1. The largest absolute Gasteiger partial charge is 0.370 e. The number of halogens is 1. The number of hydrogen-bond acceptors (Lipinski definition) is 12. The van der Waals surface area contributed by atoms with Gasteiger partial charge in [-0.2, -0.15) is 0 Å². The molecule has 1 unspecified atom stereocenters. The van der Waals surface area contributed by atoms with E-state index < -0.39 is 89.6 Å². The van der Waals surface area contributed by atoms with Crippen LogP contribution in [0.2, 0.25) is 5.02 Å². The van der Waals surface area contributed by atoms with E-state index in [0.29, 0.717) is 40.8 Å². The normalized spacial score (nSPS) is 22.3. The van der Waals surface area contributed by atoms with Crippen molar-refractivity contribution in [3.05, 3.63) is 123 Å². The van der Waals surface area contributed by atoms with Crippen LogP contribution in [0.4, 0.5) is 0 Å². The van der Waals surface area contributed by atoms with Gasteiger partial charge in [0.25, 0.3) is 0 Å². The first-order valence-corrected chi connectivity index (χ1v) is 27.0. The van der Waals surface area contributed by atoms with E-state index in [-0.39, 0.29) is 39.1 Å². The maximum absolute atomic E-state index is 14.4. The molecule has 5 heterocycles. The lowest BCUT2D eigenvalue weighted by molar-refractivity contribution is -0.145. The first-order valence-electron chi connectivity index (χ1n) is 25.8. The minimum atomic E-state index is -1.36. The molecule has 21 heteroatoms. The van der Waals surface area contributed by atoms with Crippen molar-refractivity contribution in [2.24, 2.45) is 10.4 Å². The van der Waals surface area contributed by atoms with Crippen LogP contribution in [-0.4, -0.2) is 142 Å². The second-order valence-corrected chi connectivity index (χ2v) is 22.5. The van der Waals surface area contributed by atoms with Gasteiger partial charge in [0.1, 0.15) is 53.7 Å². The smallest absolute Gasteiger partial charge is 0.246 e. The quantitative estimate of drug-likeness (QED) is 0.144. The van der Waals surface area contributed by atoms with Gasteiger partial charge < -0.3 is 41.1 Å². The number of fused-ring (bicyclic) bond motifs is 4. The first kappa shape index (κ1) is 55.9. The Bertz CT molecular complexity index is 3060. The summed E-state index contributed by atoms with van der Waals surface area (Å²) in [5, 5.41) is 24.3. The van der Waals surface area contributed by atoms with E-state index in [1.54, 1.807) is 44.2 Å². The minimum absolute atomic E-state index is 0.0237. The van der Waals surface area contributed by atoms with E-state index in [1.165, 1.54) is 23.8 Å². The number of nitrogens with zero attached hydrogens (tertiary/aromatic N) is 6. The van der Waals surface area contributed by atoms with Crippen molar-refractivity contribution in [1.82, 2.24) is 51.1 Å². The molecular weight excluding hydrogens is 1020 g/mol. The van der Waals surface area contributed by atoms with Crippen LogP contribution in [0.3, 0.4) is 0 Å². The number of carbonyl (C=O) groups is 7. The molecule has 19 nitrogen and oxygen atoms in total. The average molecular weight is 1090 g/mol. The summed E-state index contributed by atoms with van der Waals surface area (Å²) in [5.74, 6) is -3.11. The molecule has 7 amide bonds. The van der Waals surface area contributed by atoms with Crippen LogP contribution in [-0.2, 0) is 44.7 Å². The molecule has 8 rings (SSSR count). The number of benzene rings is 3. The van der Waals surface area contributed by atoms with Gasteiger partial charge in [0.2, 0.25) is 41.4 Å². The summed E-state index contributed by atoms with van der Waals surface area (Å²) in [6.07, 6.45) is 0.644. The lowest BCUT2D eigenvalue weighted by Gasteiger charge is -2.35. The number of aromatic nitrogens is 3. The van der Waals surface area contributed by atoms with Crippen LogP contribution in [0.25, 0.3) is 16.1 Å². The maximum atomic E-state index is 14.4. The van der Waals surface area contributed by atoms with Gasteiger partial charge in [-0.05, 0) is 80.3 Å². The number of likely N-dealkylation sites (N-methyl/N-ethyl adjacent to an activating group) is 1. The number of thiophene rings is 1. The predicted molar refractivity (Wildman–Crippen MR) is 293 cm³/mol. The van der Waals surface area contributed by atoms with Crippen LogP contribution < -0.4 is 26.6 Å². The number of hydrogen-bond donors (Lipinski definition) is 5. The number of aliphatic imine (C=N–C) groups is 1. The Hall–Kier alpha value is -7.29. The summed E-state index contributed by atoms with van der Waals surface area (Å²) >= 11 is 7.88. The van der Waals surface area contributed by atoms with Crippen LogP contribution in [0, 0.1) is 26.2 Å². The highest BCUT2D eigenvalue weighted by Gasteiger charge is 2.43. The third-order valence-electron chi connectivity index (χ3n) is 14.2. The number of aryl methyl sites for hydroxylation is 2. The van der Waals surface area contributed by atoms with E-state index in [1.807, 2.05) is 92.1 Å². The topological polar surface area (TPSA) is 238 Å². The van der Waals surface area contributed by atoms with Gasteiger partial charge in [-0.1, -0.05) is 99.1 Å². The van der Waals surface area contributed by atoms with Gasteiger partial charge in [-0.15, -0.1) is 21.5 Å². The molecule has 2 aromatic heterocycles. The van der Waals surface area contributed by atoms with E-state index >= 15 is 0 Å². The van der Waals surface area contributed by atoms with Crippen LogP contribution in [0.15, 0.2) is 83.9 Å². The monoisotopic (exact) mass is 1090 g/mol. The highest BCUT2D eigenvalue weighted by atomic mass is 35.5. The molecule has 0 bridgehead atoms. The summed E-state index contributed by atoms with van der Waals surface area (Å²) in [6.45, 7) is 12.1. The zero-order valence-electron chi connectivity index (χ0n) is 44.6. The van der Waals surface area contributed by atoms with Crippen molar-refractivity contribution in [1.29, 1.82) is 0 Å². The average Bonchev–Trinajstić information content (AvgIpc) is 4.11. The molecule has 0 saturated carbocycles. The van der Waals surface area contributed by atoms with Gasteiger partial charge in [0.05, 0.1) is 18.7 Å². The van der Waals surface area contributed by atoms with Crippen molar-refractivity contribution in [2.45, 2.75) is 110 Å². The van der Waals surface area contributed by atoms with Crippen molar-refractivity contribution in [3.8, 4) is 16.1 Å². The molecule has 77 heavy (non-hydrogen) atoms. The molecule has 3 aromatic carbocycles. The van der Waals surface area contributed by atoms with Crippen molar-refractivity contribution < 1.29 is 38.3 Å². The van der Waals surface area contributed by atoms with Gasteiger partial charge in [0.15, 0.2) is 5.82 Å². The molecule has 3 aliphatic heterocycles. The third-order valence-corrected chi connectivity index (χ3v) is 15.6. The van der Waals surface area contributed by atoms with Crippen molar-refractivity contribution >= 4 is 70.0 Å². The molecule has 6 atom stereocenters. The fourth-order valence-electron chi connectivity index (χ4n) is 9.71. The molecule has 5 aromatic rings. The number of nitrogens with one attached hydrogen (secondary N) is 5. The van der Waals surface area contributed by atoms with Gasteiger partial charge in [-0.3, -0.25) is 43.1 Å². The molecule has 0 spiro atoms. The molecule has 0 aliphatic carbocycles. The fraction of sp³-hybridized carbons (Fsp3) is 0.429. The summed E-state index contributed by atoms with van der Waals surface area (Å²) in [6, 6.07) is 18.0. The van der Waals surface area contributed by atoms with Gasteiger partial charge in [0, 0.05) is 54.1 Å². The Balaban J connectivity index is 1.05. The Morgan fingerprint density at radius 3 is 2.18 bits per heavy atom. The first-order chi connectivity index (χ1) is 36.7. The number of carbonyl (C=O) groups excluding carboxylic acids is 7. The van der Waals surface area contributed by atoms with E-state index in [2.05, 4.69) is 36.8 Å². The second-order valence-electron chi connectivity index (χ2n) is 20.9. The summed E-state index contributed by atoms with van der Waals surface area (Å²) in [5.41, 5.74) is 5.22. The van der Waals surface area contributed by atoms with Crippen LogP contribution in [0.5, 0.6) is 0 Å². The number of amides is 7. The molecular formula is C56H66ClN11O8S. The number of ether oxygens (including phenoxy) is 1. The Labute approximate surface area is 456 Å².